The number of benzene rings is 6. The van der Waals surface area contributed by atoms with Crippen LogP contribution in [0.1, 0.15) is 112 Å². The molecule has 0 fully saturated rings. The van der Waals surface area contributed by atoms with Crippen LogP contribution in [0.15, 0.2) is 121 Å². The number of rotatable bonds is 17. The molecule has 72 heavy (non-hydrogen) atoms. The molecule has 1 spiro atoms. The second-order valence-electron chi connectivity index (χ2n) is 19.9. The highest BCUT2D eigenvalue weighted by atomic mass is 16.6. The zero-order chi connectivity index (χ0) is 51.8. The molecule has 14 heteroatoms. The number of Topliss-reactive ketones (excluding diaryl/α,β-unsaturated/α-hetero) is 2. The molecule has 374 valence electrons. The summed E-state index contributed by atoms with van der Waals surface area (Å²) < 4.78 is 31.2. The molecule has 0 atom stereocenters. The van der Waals surface area contributed by atoms with Crippen LogP contribution in [-0.4, -0.2) is 85.8 Å². The fourth-order valence-corrected chi connectivity index (χ4v) is 9.56. The van der Waals surface area contributed by atoms with Crippen LogP contribution in [0.25, 0.3) is 0 Å². The van der Waals surface area contributed by atoms with Crippen molar-refractivity contribution < 1.29 is 58.2 Å². The smallest absolute Gasteiger partial charge is 0.341 e. The molecule has 14 nitrogen and oxygen atoms in total. The summed E-state index contributed by atoms with van der Waals surface area (Å²) in [6, 6.07) is 34.7. The SMILES string of the molecule is COc1ccc(C(OCCN(C(=O)CCNCCO)c2c(C(=O)C(C)(C)C)cc3c(c2C(=O)C(C)(C)C)C(=O)OC32c3ccc(O)cc3Oc3cc(O)ccc32)(c2ccccc2)c2ccc(OC)cc2)cc1. The average molecular weight is 977 g/mol. The zero-order valence-electron chi connectivity index (χ0n) is 41.8. The van der Waals surface area contributed by atoms with Gasteiger partial charge < -0.3 is 49.2 Å². The number of aromatic hydroxyl groups is 2. The number of ketones is 2. The number of ether oxygens (including phenoxy) is 5. The van der Waals surface area contributed by atoms with E-state index in [-0.39, 0.29) is 101 Å². The second kappa shape index (κ2) is 19.9. The Morgan fingerprint density at radius 1 is 0.667 bits per heavy atom. The van der Waals surface area contributed by atoms with Crippen LogP contribution in [0.3, 0.4) is 0 Å². The van der Waals surface area contributed by atoms with Crippen LogP contribution < -0.4 is 24.4 Å². The molecule has 2 aliphatic rings. The zero-order valence-corrected chi connectivity index (χ0v) is 41.8. The standard InChI is InChI=1S/C58H60N2O12/c1-55(2,3)52(65)42-34-45-49(54(67)72-58(45)43-24-18-38(62)32-46(43)71-47-33-39(63)19-25-44(47)58)50(53(66)56(4,5)6)51(42)60(48(64)26-27-59-28-30-61)29-31-70-57(35-12-10-9-11-13-35,36-14-20-40(68-7)21-15-36)37-16-22-41(69-8)23-17-37/h9-25,32-34,59,61-63H,26-31H2,1-8H3. The predicted octanol–water partition coefficient (Wildman–Crippen LogP) is 9.45. The lowest BCUT2D eigenvalue weighted by atomic mass is 9.72. The molecule has 2 aliphatic heterocycles. The molecular weight excluding hydrogens is 917 g/mol. The normalized spacial score (nSPS) is 13.6. The number of amides is 1. The summed E-state index contributed by atoms with van der Waals surface area (Å²) >= 11 is 0. The van der Waals surface area contributed by atoms with Crippen molar-refractivity contribution in [2.45, 2.75) is 59.2 Å². The van der Waals surface area contributed by atoms with E-state index in [1.807, 2.05) is 78.9 Å². The molecule has 2 heterocycles. The van der Waals surface area contributed by atoms with Crippen LogP contribution in [0.5, 0.6) is 34.5 Å². The van der Waals surface area contributed by atoms with E-state index >= 15 is 19.2 Å². The summed E-state index contributed by atoms with van der Waals surface area (Å²) in [5, 5.41) is 34.1. The molecule has 8 rings (SSSR count). The number of hydrogen-bond donors (Lipinski definition) is 4. The van der Waals surface area contributed by atoms with Crippen LogP contribution in [0.2, 0.25) is 0 Å². The molecular formula is C58H60N2O12. The largest absolute Gasteiger partial charge is 0.508 e. The minimum absolute atomic E-state index is 0.0324. The molecule has 1 amide bonds. The minimum Gasteiger partial charge on any atom is -0.508 e. The van der Waals surface area contributed by atoms with Gasteiger partial charge in [-0.15, -0.1) is 0 Å². The highest BCUT2D eigenvalue weighted by molar-refractivity contribution is 6.21. The van der Waals surface area contributed by atoms with Crippen LogP contribution >= 0.6 is 0 Å². The van der Waals surface area contributed by atoms with Gasteiger partial charge in [0, 0.05) is 71.3 Å². The number of phenols is 2. The van der Waals surface area contributed by atoms with Gasteiger partial charge in [-0.05, 0) is 71.3 Å². The lowest BCUT2D eigenvalue weighted by Crippen LogP contribution is -2.42. The lowest BCUT2D eigenvalue weighted by molar-refractivity contribution is -0.118. The van der Waals surface area contributed by atoms with Gasteiger partial charge in [-0.2, -0.15) is 0 Å². The number of methoxy groups -OCH3 is 2. The van der Waals surface area contributed by atoms with Crippen LogP contribution in [0, 0.1) is 10.8 Å². The van der Waals surface area contributed by atoms with Crippen molar-refractivity contribution in [3.63, 3.8) is 0 Å². The Morgan fingerprint density at radius 3 is 1.69 bits per heavy atom. The number of nitrogens with zero attached hydrogens (tertiary/aromatic N) is 1. The van der Waals surface area contributed by atoms with Crippen molar-refractivity contribution in [2.75, 3.05) is 52.0 Å². The molecule has 6 aromatic carbocycles. The third-order valence-electron chi connectivity index (χ3n) is 13.1. The Morgan fingerprint density at radius 2 is 1.19 bits per heavy atom. The average Bonchev–Trinajstić information content (AvgIpc) is 3.65. The third kappa shape index (κ3) is 9.17. The van der Waals surface area contributed by atoms with Crippen molar-refractivity contribution in [1.82, 2.24) is 5.32 Å². The van der Waals surface area contributed by atoms with Crippen molar-refractivity contribution >= 4 is 29.1 Å². The Hall–Kier alpha value is -7.52. The first-order chi connectivity index (χ1) is 34.3. The minimum atomic E-state index is -1.87. The van der Waals surface area contributed by atoms with Gasteiger partial charge in [-0.1, -0.05) is 96.1 Å². The maximum Gasteiger partial charge on any atom is 0.341 e. The fraction of sp³-hybridized carbons (Fsp3) is 0.310. The monoisotopic (exact) mass is 976 g/mol. The molecule has 0 unspecified atom stereocenters. The van der Waals surface area contributed by atoms with E-state index in [0.717, 1.165) is 16.7 Å². The Kier molecular flexibility index (Phi) is 14.1. The lowest BCUT2D eigenvalue weighted by Gasteiger charge is -2.38. The van der Waals surface area contributed by atoms with Crippen molar-refractivity contribution in [3.8, 4) is 34.5 Å². The van der Waals surface area contributed by atoms with Gasteiger partial charge in [0.1, 0.15) is 40.1 Å². The van der Waals surface area contributed by atoms with Crippen molar-refractivity contribution in [3.05, 3.63) is 171 Å². The van der Waals surface area contributed by atoms with Gasteiger partial charge in [0.2, 0.25) is 5.91 Å². The van der Waals surface area contributed by atoms with Gasteiger partial charge in [-0.3, -0.25) is 14.4 Å². The number of carbonyl (C=O) groups is 4. The quantitative estimate of drug-likeness (QED) is 0.0293. The summed E-state index contributed by atoms with van der Waals surface area (Å²) in [7, 11) is 3.16. The first-order valence-corrected chi connectivity index (χ1v) is 23.8. The number of phenolic OH excluding ortho intramolecular Hbond substituents is 2. The number of hydrogen-bond acceptors (Lipinski definition) is 13. The van der Waals surface area contributed by atoms with Gasteiger partial charge in [0.05, 0.1) is 44.2 Å². The van der Waals surface area contributed by atoms with Crippen LogP contribution in [-0.2, 0) is 25.5 Å². The fourth-order valence-electron chi connectivity index (χ4n) is 9.56. The molecule has 0 aromatic heterocycles. The van der Waals surface area contributed by atoms with E-state index < -0.39 is 45.5 Å². The Labute approximate surface area is 419 Å². The summed E-state index contributed by atoms with van der Waals surface area (Å²) in [5.74, 6) is -1.29. The summed E-state index contributed by atoms with van der Waals surface area (Å²) in [5.41, 5.74) is -3.09. The number of aliphatic hydroxyl groups is 1. The van der Waals surface area contributed by atoms with E-state index in [1.165, 1.54) is 35.2 Å². The van der Waals surface area contributed by atoms with Crippen molar-refractivity contribution in [2.24, 2.45) is 10.8 Å². The number of fused-ring (bicyclic) bond motifs is 6. The molecule has 4 N–H and O–H groups in total. The van der Waals surface area contributed by atoms with Crippen molar-refractivity contribution in [1.29, 1.82) is 0 Å². The van der Waals surface area contributed by atoms with E-state index in [0.29, 0.717) is 11.5 Å². The maximum absolute atomic E-state index is 15.5. The topological polar surface area (TPSA) is 190 Å². The molecule has 0 saturated heterocycles. The highest BCUT2D eigenvalue weighted by Crippen LogP contribution is 2.59. The number of aliphatic hydroxyl groups excluding tert-OH is 1. The number of carbonyl (C=O) groups excluding carboxylic acids is 4. The van der Waals surface area contributed by atoms with E-state index in [1.54, 1.807) is 67.9 Å². The van der Waals surface area contributed by atoms with Gasteiger partial charge in [-0.25, -0.2) is 4.79 Å². The summed E-state index contributed by atoms with van der Waals surface area (Å²) in [4.78, 5) is 62.7. The van der Waals surface area contributed by atoms with Gasteiger partial charge in [0.15, 0.2) is 17.2 Å². The summed E-state index contributed by atoms with van der Waals surface area (Å²) in [6.07, 6.45) is -0.149. The molecule has 0 saturated carbocycles. The first kappa shape index (κ1) is 50.9. The second-order valence-corrected chi connectivity index (χ2v) is 19.9. The Balaban J connectivity index is 1.40. The van der Waals surface area contributed by atoms with Crippen LogP contribution in [0.4, 0.5) is 5.69 Å². The van der Waals surface area contributed by atoms with Gasteiger partial charge in [0.25, 0.3) is 0 Å². The van der Waals surface area contributed by atoms with E-state index in [4.69, 9.17) is 23.7 Å². The predicted molar refractivity (Wildman–Crippen MR) is 271 cm³/mol. The summed E-state index contributed by atoms with van der Waals surface area (Å²) in [6.45, 7) is 9.99. The number of esters is 1. The van der Waals surface area contributed by atoms with E-state index in [9.17, 15) is 15.3 Å². The first-order valence-electron chi connectivity index (χ1n) is 23.8. The molecule has 6 aromatic rings. The van der Waals surface area contributed by atoms with E-state index in [2.05, 4.69) is 5.32 Å². The molecule has 0 radical (unpaired) electrons. The molecule has 0 bridgehead atoms. The maximum atomic E-state index is 15.5. The van der Waals surface area contributed by atoms with Gasteiger partial charge >= 0.3 is 5.97 Å². The number of nitrogens with one attached hydrogen (secondary N) is 1. The highest BCUT2D eigenvalue weighted by Gasteiger charge is 2.57. The molecule has 0 aliphatic carbocycles. The third-order valence-corrected chi connectivity index (χ3v) is 13.1. The Bertz CT molecular complexity index is 2930. The number of anilines is 1.